The van der Waals surface area contributed by atoms with Gasteiger partial charge >= 0.3 is 0 Å². The van der Waals surface area contributed by atoms with Gasteiger partial charge in [0.1, 0.15) is 0 Å². The lowest BCUT2D eigenvalue weighted by atomic mass is 10.0. The van der Waals surface area contributed by atoms with Gasteiger partial charge in [-0.3, -0.25) is 4.99 Å². The normalized spacial score (nSPS) is 16.1. The van der Waals surface area contributed by atoms with Crippen molar-refractivity contribution in [3.05, 3.63) is 29.8 Å². The molecule has 3 nitrogen and oxygen atoms in total. The van der Waals surface area contributed by atoms with Crippen molar-refractivity contribution in [2.24, 2.45) is 16.6 Å². The fourth-order valence-electron chi connectivity index (χ4n) is 1.94. The second-order valence-electron chi connectivity index (χ2n) is 5.40. The predicted molar refractivity (Wildman–Crippen MR) is 78.0 cm³/mol. The SMILES string of the molecule is CC(C)c1cccc(NC(N)=NCCC2CC2)c1. The molecule has 98 valence electrons. The fraction of sp³-hybridized carbons (Fsp3) is 0.533. The zero-order valence-electron chi connectivity index (χ0n) is 11.3. The Morgan fingerprint density at radius 2 is 2.22 bits per heavy atom. The van der Waals surface area contributed by atoms with E-state index in [0.717, 1.165) is 18.2 Å². The first-order chi connectivity index (χ1) is 8.65. The van der Waals surface area contributed by atoms with Crippen LogP contribution in [0.1, 0.15) is 44.6 Å². The van der Waals surface area contributed by atoms with Crippen LogP contribution in [0, 0.1) is 5.92 Å². The Bertz CT molecular complexity index is 420. The third-order valence-corrected chi connectivity index (χ3v) is 3.34. The topological polar surface area (TPSA) is 50.4 Å². The standard InChI is InChI=1S/C15H23N3/c1-11(2)13-4-3-5-14(10-13)18-15(16)17-9-8-12-6-7-12/h3-5,10-12H,6-9H2,1-2H3,(H3,16,17,18). The van der Waals surface area contributed by atoms with Crippen molar-refractivity contribution in [3.63, 3.8) is 0 Å². The van der Waals surface area contributed by atoms with Crippen LogP contribution in [-0.2, 0) is 0 Å². The molecule has 0 spiro atoms. The summed E-state index contributed by atoms with van der Waals surface area (Å²) < 4.78 is 0. The lowest BCUT2D eigenvalue weighted by Crippen LogP contribution is -2.23. The van der Waals surface area contributed by atoms with Crippen molar-refractivity contribution in [2.45, 2.75) is 39.0 Å². The van der Waals surface area contributed by atoms with Crippen LogP contribution in [0.4, 0.5) is 5.69 Å². The lowest BCUT2D eigenvalue weighted by molar-refractivity contribution is 0.739. The molecule has 2 rings (SSSR count). The van der Waals surface area contributed by atoms with Crippen molar-refractivity contribution >= 4 is 11.6 Å². The van der Waals surface area contributed by atoms with Gasteiger partial charge in [0, 0.05) is 12.2 Å². The molecule has 1 aromatic carbocycles. The van der Waals surface area contributed by atoms with E-state index in [1.807, 2.05) is 6.07 Å². The summed E-state index contributed by atoms with van der Waals surface area (Å²) in [7, 11) is 0. The molecule has 0 atom stereocenters. The zero-order valence-corrected chi connectivity index (χ0v) is 11.3. The maximum absolute atomic E-state index is 5.88. The number of guanidine groups is 1. The monoisotopic (exact) mass is 245 g/mol. The Morgan fingerprint density at radius 3 is 2.89 bits per heavy atom. The Labute approximate surface area is 109 Å². The molecule has 1 saturated carbocycles. The number of benzene rings is 1. The molecule has 0 saturated heterocycles. The maximum atomic E-state index is 5.88. The van der Waals surface area contributed by atoms with Gasteiger partial charge in [-0.25, -0.2) is 0 Å². The van der Waals surface area contributed by atoms with Crippen LogP contribution in [0.15, 0.2) is 29.3 Å². The second kappa shape index (κ2) is 5.89. The molecule has 3 heteroatoms. The van der Waals surface area contributed by atoms with Crippen molar-refractivity contribution in [3.8, 4) is 0 Å². The van der Waals surface area contributed by atoms with E-state index in [1.165, 1.54) is 24.8 Å². The summed E-state index contributed by atoms with van der Waals surface area (Å²) in [6.45, 7) is 5.21. The van der Waals surface area contributed by atoms with Gasteiger partial charge in [-0.2, -0.15) is 0 Å². The molecule has 1 aliphatic rings. The lowest BCUT2D eigenvalue weighted by Gasteiger charge is -2.09. The van der Waals surface area contributed by atoms with Crippen LogP contribution >= 0.6 is 0 Å². The average Bonchev–Trinajstić information content (AvgIpc) is 3.13. The van der Waals surface area contributed by atoms with Gasteiger partial charge in [0.15, 0.2) is 5.96 Å². The molecule has 0 aromatic heterocycles. The van der Waals surface area contributed by atoms with E-state index >= 15 is 0 Å². The summed E-state index contributed by atoms with van der Waals surface area (Å²) in [5.74, 6) is 1.96. The highest BCUT2D eigenvalue weighted by Gasteiger charge is 2.19. The largest absolute Gasteiger partial charge is 0.370 e. The summed E-state index contributed by atoms with van der Waals surface area (Å²) in [5.41, 5.74) is 8.21. The van der Waals surface area contributed by atoms with Crippen LogP contribution in [0.25, 0.3) is 0 Å². The quantitative estimate of drug-likeness (QED) is 0.617. The minimum Gasteiger partial charge on any atom is -0.370 e. The van der Waals surface area contributed by atoms with E-state index in [1.54, 1.807) is 0 Å². The number of hydrogen-bond acceptors (Lipinski definition) is 1. The molecule has 0 heterocycles. The van der Waals surface area contributed by atoms with E-state index < -0.39 is 0 Å². The molecule has 0 unspecified atom stereocenters. The van der Waals surface area contributed by atoms with E-state index in [0.29, 0.717) is 11.9 Å². The fourth-order valence-corrected chi connectivity index (χ4v) is 1.94. The van der Waals surface area contributed by atoms with Gasteiger partial charge in [-0.1, -0.05) is 38.8 Å². The molecule has 1 aromatic rings. The highest BCUT2D eigenvalue weighted by molar-refractivity contribution is 5.92. The summed E-state index contributed by atoms with van der Waals surface area (Å²) in [5, 5.41) is 3.16. The molecule has 3 N–H and O–H groups in total. The second-order valence-corrected chi connectivity index (χ2v) is 5.40. The minimum atomic E-state index is 0.525. The van der Waals surface area contributed by atoms with Crippen molar-refractivity contribution in [2.75, 3.05) is 11.9 Å². The molecule has 0 radical (unpaired) electrons. The van der Waals surface area contributed by atoms with E-state index in [-0.39, 0.29) is 0 Å². The van der Waals surface area contributed by atoms with Crippen molar-refractivity contribution in [1.82, 2.24) is 0 Å². The number of hydrogen-bond donors (Lipinski definition) is 2. The number of anilines is 1. The highest BCUT2D eigenvalue weighted by atomic mass is 15.1. The van der Waals surface area contributed by atoms with Gasteiger partial charge in [0.2, 0.25) is 0 Å². The van der Waals surface area contributed by atoms with Gasteiger partial charge in [-0.15, -0.1) is 0 Å². The highest BCUT2D eigenvalue weighted by Crippen LogP contribution is 2.32. The van der Waals surface area contributed by atoms with Crippen LogP contribution in [0.3, 0.4) is 0 Å². The minimum absolute atomic E-state index is 0.525. The van der Waals surface area contributed by atoms with Crippen LogP contribution in [0.5, 0.6) is 0 Å². The average molecular weight is 245 g/mol. The van der Waals surface area contributed by atoms with E-state index in [9.17, 15) is 0 Å². The first-order valence-corrected chi connectivity index (χ1v) is 6.82. The van der Waals surface area contributed by atoms with Gasteiger partial charge in [-0.05, 0) is 36.0 Å². The Balaban J connectivity index is 1.88. The summed E-state index contributed by atoms with van der Waals surface area (Å²) in [6, 6.07) is 8.34. The van der Waals surface area contributed by atoms with Crippen molar-refractivity contribution in [1.29, 1.82) is 0 Å². The third kappa shape index (κ3) is 4.06. The van der Waals surface area contributed by atoms with Gasteiger partial charge in [0.25, 0.3) is 0 Å². The first kappa shape index (κ1) is 12.9. The predicted octanol–water partition coefficient (Wildman–Crippen LogP) is 3.34. The summed E-state index contributed by atoms with van der Waals surface area (Å²) in [4.78, 5) is 4.36. The third-order valence-electron chi connectivity index (χ3n) is 3.34. The van der Waals surface area contributed by atoms with Gasteiger partial charge < -0.3 is 11.1 Å². The molecule has 0 bridgehead atoms. The zero-order chi connectivity index (χ0) is 13.0. The number of aliphatic imine (C=N–C) groups is 1. The van der Waals surface area contributed by atoms with E-state index in [4.69, 9.17) is 5.73 Å². The van der Waals surface area contributed by atoms with Crippen LogP contribution in [-0.4, -0.2) is 12.5 Å². The number of nitrogens with one attached hydrogen (secondary N) is 1. The van der Waals surface area contributed by atoms with E-state index in [2.05, 4.69) is 42.4 Å². The van der Waals surface area contributed by atoms with Crippen LogP contribution in [0.2, 0.25) is 0 Å². The number of nitrogens with zero attached hydrogens (tertiary/aromatic N) is 1. The van der Waals surface area contributed by atoms with Crippen LogP contribution < -0.4 is 11.1 Å². The molecule has 1 aliphatic carbocycles. The first-order valence-electron chi connectivity index (χ1n) is 6.82. The summed E-state index contributed by atoms with van der Waals surface area (Å²) >= 11 is 0. The Morgan fingerprint density at radius 1 is 1.44 bits per heavy atom. The van der Waals surface area contributed by atoms with Gasteiger partial charge in [0.05, 0.1) is 0 Å². The maximum Gasteiger partial charge on any atom is 0.193 e. The summed E-state index contributed by atoms with van der Waals surface area (Å²) in [6.07, 6.45) is 3.92. The number of rotatable bonds is 5. The number of nitrogens with two attached hydrogens (primary N) is 1. The van der Waals surface area contributed by atoms with Crippen molar-refractivity contribution < 1.29 is 0 Å². The molecular weight excluding hydrogens is 222 g/mol. The molecule has 0 amide bonds. The molecule has 1 fully saturated rings. The molecular formula is C15H23N3. The smallest absolute Gasteiger partial charge is 0.193 e. The Kier molecular flexibility index (Phi) is 4.24. The molecule has 18 heavy (non-hydrogen) atoms. The Hall–Kier alpha value is -1.51. The molecule has 0 aliphatic heterocycles.